The van der Waals surface area contributed by atoms with Crippen LogP contribution in [0, 0.1) is 10.1 Å². The van der Waals surface area contributed by atoms with Crippen LogP contribution >= 0.6 is 0 Å². The highest BCUT2D eigenvalue weighted by Crippen LogP contribution is 2.06. The maximum Gasteiger partial charge on any atom is 0.307 e. The Morgan fingerprint density at radius 2 is 2.55 bits per heavy atom. The quantitative estimate of drug-likeness (QED) is 0.452. The number of nitro groups is 1. The van der Waals surface area contributed by atoms with Crippen molar-refractivity contribution >= 4 is 5.69 Å². The summed E-state index contributed by atoms with van der Waals surface area (Å²) in [5, 5.41) is 13.9. The van der Waals surface area contributed by atoms with Gasteiger partial charge in [-0.2, -0.15) is 5.10 Å². The van der Waals surface area contributed by atoms with E-state index in [2.05, 4.69) is 10.8 Å². The molecule has 1 aromatic heterocycles. The lowest BCUT2D eigenvalue weighted by atomic mass is 10.6. The molecular formula is C5H9N4O2+. The maximum absolute atomic E-state index is 10.2. The van der Waals surface area contributed by atoms with E-state index in [1.54, 1.807) is 0 Å². The van der Waals surface area contributed by atoms with E-state index in [9.17, 15) is 10.1 Å². The van der Waals surface area contributed by atoms with Gasteiger partial charge in [-0.15, -0.1) is 0 Å². The number of quaternary nitrogens is 1. The maximum atomic E-state index is 10.2. The lowest BCUT2D eigenvalue weighted by Crippen LogP contribution is -2.52. The molecule has 0 saturated heterocycles. The SMILES string of the molecule is [NH3+]CCn1cc([N+](=O)[O-])cn1. The smallest absolute Gasteiger partial charge is 0.307 e. The second-order valence-corrected chi connectivity index (χ2v) is 2.07. The summed E-state index contributed by atoms with van der Waals surface area (Å²) in [5.74, 6) is 0. The average Bonchev–Trinajstić information content (AvgIpc) is 2.37. The van der Waals surface area contributed by atoms with Crippen LogP contribution in [-0.4, -0.2) is 21.2 Å². The van der Waals surface area contributed by atoms with Gasteiger partial charge >= 0.3 is 5.69 Å². The highest BCUT2D eigenvalue weighted by atomic mass is 16.6. The van der Waals surface area contributed by atoms with Crippen molar-refractivity contribution in [3.05, 3.63) is 22.5 Å². The van der Waals surface area contributed by atoms with E-state index in [-0.39, 0.29) is 5.69 Å². The van der Waals surface area contributed by atoms with Crippen LogP contribution < -0.4 is 5.73 Å². The van der Waals surface area contributed by atoms with Crippen LogP contribution in [0.3, 0.4) is 0 Å². The van der Waals surface area contributed by atoms with Crippen LogP contribution in [0.25, 0.3) is 0 Å². The summed E-state index contributed by atoms with van der Waals surface area (Å²) in [7, 11) is 0. The van der Waals surface area contributed by atoms with Gasteiger partial charge in [0.05, 0.1) is 18.0 Å². The minimum absolute atomic E-state index is 0.0263. The molecule has 0 saturated carbocycles. The highest BCUT2D eigenvalue weighted by molar-refractivity contribution is 5.20. The molecule has 0 spiro atoms. The Kier molecular flexibility index (Phi) is 2.17. The third-order valence-corrected chi connectivity index (χ3v) is 1.22. The molecule has 60 valence electrons. The van der Waals surface area contributed by atoms with E-state index in [1.807, 2.05) is 0 Å². The van der Waals surface area contributed by atoms with Gasteiger partial charge < -0.3 is 5.73 Å². The summed E-state index contributed by atoms with van der Waals surface area (Å²) in [4.78, 5) is 9.69. The molecule has 0 atom stereocenters. The molecule has 0 aromatic carbocycles. The molecule has 0 bridgehead atoms. The average molecular weight is 157 g/mol. The second-order valence-electron chi connectivity index (χ2n) is 2.07. The zero-order valence-electron chi connectivity index (χ0n) is 5.93. The predicted octanol–water partition coefficient (Wildman–Crippen LogP) is -0.967. The fraction of sp³-hybridized carbons (Fsp3) is 0.400. The third-order valence-electron chi connectivity index (χ3n) is 1.22. The largest absolute Gasteiger partial charge is 0.356 e. The summed E-state index contributed by atoms with van der Waals surface area (Å²) in [5.41, 5.74) is 3.63. The van der Waals surface area contributed by atoms with E-state index in [0.717, 1.165) is 0 Å². The standard InChI is InChI=1S/C5H8N4O2/c6-1-2-8-4-5(3-7-8)9(10)11/h3-4H,1-2,6H2/p+1. The minimum atomic E-state index is -0.466. The van der Waals surface area contributed by atoms with E-state index < -0.39 is 4.92 Å². The van der Waals surface area contributed by atoms with E-state index in [1.165, 1.54) is 17.1 Å². The Bertz CT molecular complexity index is 257. The Balaban J connectivity index is 2.73. The van der Waals surface area contributed by atoms with Gasteiger partial charge in [0.2, 0.25) is 0 Å². The zero-order valence-corrected chi connectivity index (χ0v) is 5.93. The third kappa shape index (κ3) is 1.74. The molecule has 1 heterocycles. The van der Waals surface area contributed by atoms with E-state index >= 15 is 0 Å². The van der Waals surface area contributed by atoms with Crippen molar-refractivity contribution in [2.75, 3.05) is 6.54 Å². The Hall–Kier alpha value is -1.43. The summed E-state index contributed by atoms with van der Waals surface area (Å²) >= 11 is 0. The molecule has 0 aliphatic carbocycles. The number of hydrogen-bond donors (Lipinski definition) is 1. The van der Waals surface area contributed by atoms with Gasteiger partial charge in [-0.05, 0) is 0 Å². The van der Waals surface area contributed by atoms with Crippen LogP contribution in [0.5, 0.6) is 0 Å². The first kappa shape index (κ1) is 7.67. The first-order valence-corrected chi connectivity index (χ1v) is 3.20. The van der Waals surface area contributed by atoms with Crippen molar-refractivity contribution in [2.24, 2.45) is 0 Å². The van der Waals surface area contributed by atoms with Gasteiger partial charge in [-0.1, -0.05) is 0 Å². The summed E-state index contributed by atoms with van der Waals surface area (Å²) in [6, 6.07) is 0. The van der Waals surface area contributed by atoms with Crippen LogP contribution in [0.4, 0.5) is 5.69 Å². The first-order valence-electron chi connectivity index (χ1n) is 3.20. The molecule has 0 radical (unpaired) electrons. The molecule has 0 fully saturated rings. The van der Waals surface area contributed by atoms with Crippen LogP contribution in [-0.2, 0) is 6.54 Å². The second kappa shape index (κ2) is 3.11. The number of hydrogen-bond acceptors (Lipinski definition) is 3. The van der Waals surface area contributed by atoms with Gasteiger partial charge in [-0.25, -0.2) is 0 Å². The van der Waals surface area contributed by atoms with Crippen LogP contribution in [0.2, 0.25) is 0 Å². The van der Waals surface area contributed by atoms with Crippen LogP contribution in [0.1, 0.15) is 0 Å². The Morgan fingerprint density at radius 3 is 3.00 bits per heavy atom. The molecule has 3 N–H and O–H groups in total. The summed E-state index contributed by atoms with van der Waals surface area (Å²) < 4.78 is 1.51. The van der Waals surface area contributed by atoms with Gasteiger partial charge in [0, 0.05) is 0 Å². The fourth-order valence-electron chi connectivity index (χ4n) is 0.731. The number of aromatic nitrogens is 2. The van der Waals surface area contributed by atoms with E-state index in [0.29, 0.717) is 13.1 Å². The lowest BCUT2D eigenvalue weighted by Gasteiger charge is -1.90. The molecular weight excluding hydrogens is 148 g/mol. The molecule has 1 rings (SSSR count). The zero-order chi connectivity index (χ0) is 8.27. The normalized spacial score (nSPS) is 9.91. The molecule has 11 heavy (non-hydrogen) atoms. The van der Waals surface area contributed by atoms with Crippen molar-refractivity contribution in [1.82, 2.24) is 9.78 Å². The molecule has 0 amide bonds. The Labute approximate surface area is 62.8 Å². The van der Waals surface area contributed by atoms with Crippen molar-refractivity contribution in [3.63, 3.8) is 0 Å². The van der Waals surface area contributed by atoms with Crippen molar-refractivity contribution in [1.29, 1.82) is 0 Å². The van der Waals surface area contributed by atoms with Crippen molar-refractivity contribution in [2.45, 2.75) is 6.54 Å². The van der Waals surface area contributed by atoms with Gasteiger partial charge in [0.25, 0.3) is 0 Å². The van der Waals surface area contributed by atoms with Gasteiger partial charge in [-0.3, -0.25) is 14.8 Å². The van der Waals surface area contributed by atoms with Gasteiger partial charge in [0.1, 0.15) is 12.4 Å². The predicted molar refractivity (Wildman–Crippen MR) is 36.6 cm³/mol. The lowest BCUT2D eigenvalue weighted by molar-refractivity contribution is -0.385. The highest BCUT2D eigenvalue weighted by Gasteiger charge is 2.07. The topological polar surface area (TPSA) is 88.6 Å². The summed E-state index contributed by atoms with van der Waals surface area (Å²) in [6.45, 7) is 1.30. The van der Waals surface area contributed by atoms with Crippen LogP contribution in [0.15, 0.2) is 12.4 Å². The molecule has 0 aliphatic rings. The first-order chi connectivity index (χ1) is 5.24. The van der Waals surface area contributed by atoms with Crippen molar-refractivity contribution in [3.8, 4) is 0 Å². The molecule has 6 nitrogen and oxygen atoms in total. The van der Waals surface area contributed by atoms with Gasteiger partial charge in [0.15, 0.2) is 0 Å². The summed E-state index contributed by atoms with van der Waals surface area (Å²) in [6.07, 6.45) is 2.63. The molecule has 1 aromatic rings. The van der Waals surface area contributed by atoms with E-state index in [4.69, 9.17) is 0 Å². The number of nitrogens with zero attached hydrogens (tertiary/aromatic N) is 3. The number of rotatable bonds is 3. The molecule has 0 unspecified atom stereocenters. The minimum Gasteiger partial charge on any atom is -0.356 e. The Morgan fingerprint density at radius 1 is 1.82 bits per heavy atom. The monoisotopic (exact) mass is 157 g/mol. The van der Waals surface area contributed by atoms with Crippen molar-refractivity contribution < 1.29 is 10.7 Å². The molecule has 6 heteroatoms. The molecule has 0 aliphatic heterocycles. The fourth-order valence-corrected chi connectivity index (χ4v) is 0.731.